The molecule has 0 fully saturated rings. The molecular formula is C23H22ClF2N3. The monoisotopic (exact) mass is 413 g/mol. The minimum Gasteiger partial charge on any atom is -0.352 e. The molecule has 2 atom stereocenters. The van der Waals surface area contributed by atoms with Gasteiger partial charge in [0.15, 0.2) is 5.96 Å². The van der Waals surface area contributed by atoms with Crippen LogP contribution in [-0.2, 0) is 6.54 Å². The van der Waals surface area contributed by atoms with Gasteiger partial charge in [0.05, 0.1) is 6.04 Å². The van der Waals surface area contributed by atoms with Crippen LogP contribution in [0, 0.1) is 18.6 Å². The van der Waals surface area contributed by atoms with Gasteiger partial charge < -0.3 is 10.6 Å². The molecule has 0 saturated carbocycles. The smallest absolute Gasteiger partial charge is 0.192 e. The molecule has 4 rings (SSSR count). The van der Waals surface area contributed by atoms with Crippen molar-refractivity contribution in [1.29, 1.82) is 0 Å². The standard InChI is InChI=1S/C23H21F2N3.ClH/c1-15-7-6-8-16(13-15)14-26-23-27-21(17-9-2-4-11-19(17)24)22(28-23)18-10-3-5-12-20(18)25;/h2-13,21-22H,14H2,1H3,(H2,26,27,28);1H. The van der Waals surface area contributed by atoms with Gasteiger partial charge in [0, 0.05) is 17.7 Å². The predicted molar refractivity (Wildman–Crippen MR) is 114 cm³/mol. The number of benzene rings is 3. The van der Waals surface area contributed by atoms with Crippen LogP contribution < -0.4 is 10.6 Å². The summed E-state index contributed by atoms with van der Waals surface area (Å²) in [6.07, 6.45) is 0. The molecule has 0 aliphatic carbocycles. The number of aryl methyl sites for hydroxylation is 1. The third-order valence-electron chi connectivity index (χ3n) is 4.88. The lowest BCUT2D eigenvalue weighted by Gasteiger charge is -2.20. The molecule has 0 spiro atoms. The highest BCUT2D eigenvalue weighted by Crippen LogP contribution is 2.37. The van der Waals surface area contributed by atoms with E-state index in [-0.39, 0.29) is 24.0 Å². The number of halogens is 3. The van der Waals surface area contributed by atoms with Crippen molar-refractivity contribution < 1.29 is 8.78 Å². The quantitative estimate of drug-likeness (QED) is 0.614. The fourth-order valence-corrected chi connectivity index (χ4v) is 3.52. The maximum atomic E-state index is 14.4. The topological polar surface area (TPSA) is 36.4 Å². The first kappa shape index (κ1) is 20.8. The van der Waals surface area contributed by atoms with Crippen molar-refractivity contribution in [1.82, 2.24) is 10.6 Å². The molecule has 0 radical (unpaired) electrons. The largest absolute Gasteiger partial charge is 0.352 e. The maximum absolute atomic E-state index is 14.4. The van der Waals surface area contributed by atoms with Gasteiger partial charge >= 0.3 is 0 Å². The highest BCUT2D eigenvalue weighted by molar-refractivity contribution is 5.85. The molecule has 2 unspecified atom stereocenters. The van der Waals surface area contributed by atoms with Crippen LogP contribution in [0.3, 0.4) is 0 Å². The zero-order chi connectivity index (χ0) is 19.5. The van der Waals surface area contributed by atoms with Crippen LogP contribution in [-0.4, -0.2) is 5.96 Å². The number of hydrogen-bond acceptors (Lipinski definition) is 3. The summed E-state index contributed by atoms with van der Waals surface area (Å²) in [5.41, 5.74) is 3.19. The van der Waals surface area contributed by atoms with Crippen molar-refractivity contribution in [3.05, 3.63) is 107 Å². The van der Waals surface area contributed by atoms with Gasteiger partial charge in [-0.2, -0.15) is 0 Å². The molecule has 1 aliphatic rings. The summed E-state index contributed by atoms with van der Waals surface area (Å²) >= 11 is 0. The average Bonchev–Trinajstić information content (AvgIpc) is 3.11. The highest BCUT2D eigenvalue weighted by Gasteiger charge is 2.34. The van der Waals surface area contributed by atoms with Crippen molar-refractivity contribution in [2.75, 3.05) is 0 Å². The Morgan fingerprint density at radius 3 is 2.21 bits per heavy atom. The summed E-state index contributed by atoms with van der Waals surface area (Å²) < 4.78 is 28.9. The Balaban J connectivity index is 0.00000240. The number of guanidine groups is 1. The maximum Gasteiger partial charge on any atom is 0.192 e. The van der Waals surface area contributed by atoms with Crippen LogP contribution in [0.2, 0.25) is 0 Å². The normalized spacial score (nSPS) is 17.8. The zero-order valence-corrected chi connectivity index (χ0v) is 16.7. The lowest BCUT2D eigenvalue weighted by Crippen LogP contribution is -2.35. The summed E-state index contributed by atoms with van der Waals surface area (Å²) in [4.78, 5) is 4.64. The molecule has 3 aromatic carbocycles. The molecule has 0 amide bonds. The Labute approximate surface area is 175 Å². The number of hydrogen-bond donors (Lipinski definition) is 2. The molecule has 2 N–H and O–H groups in total. The molecule has 3 nitrogen and oxygen atoms in total. The molecule has 1 heterocycles. The van der Waals surface area contributed by atoms with E-state index in [9.17, 15) is 8.78 Å². The summed E-state index contributed by atoms with van der Waals surface area (Å²) in [5, 5.41) is 6.50. The minimum absolute atomic E-state index is 0. The molecule has 29 heavy (non-hydrogen) atoms. The molecule has 0 aromatic heterocycles. The number of aliphatic imine (C=N–C) groups is 1. The van der Waals surface area contributed by atoms with Gasteiger partial charge in [-0.1, -0.05) is 66.2 Å². The zero-order valence-electron chi connectivity index (χ0n) is 15.9. The van der Waals surface area contributed by atoms with E-state index in [4.69, 9.17) is 0 Å². The van der Waals surface area contributed by atoms with E-state index in [0.29, 0.717) is 23.6 Å². The Bertz CT molecular complexity index is 1020. The summed E-state index contributed by atoms with van der Waals surface area (Å²) in [5.74, 6) is -0.154. The molecule has 6 heteroatoms. The molecule has 3 aromatic rings. The fraction of sp³-hybridized carbons (Fsp3) is 0.174. The average molecular weight is 414 g/mol. The molecule has 0 bridgehead atoms. The molecular weight excluding hydrogens is 392 g/mol. The van der Waals surface area contributed by atoms with Gasteiger partial charge in [-0.25, -0.2) is 13.8 Å². The van der Waals surface area contributed by atoms with E-state index >= 15 is 0 Å². The van der Waals surface area contributed by atoms with Crippen molar-refractivity contribution in [3.63, 3.8) is 0 Å². The van der Waals surface area contributed by atoms with Crippen molar-refractivity contribution in [2.24, 2.45) is 4.99 Å². The number of nitrogens with zero attached hydrogens (tertiary/aromatic N) is 1. The van der Waals surface area contributed by atoms with Crippen LogP contribution in [0.25, 0.3) is 0 Å². The third kappa shape index (κ3) is 4.57. The first-order chi connectivity index (χ1) is 13.6. The predicted octanol–water partition coefficient (Wildman–Crippen LogP) is 5.23. The van der Waals surface area contributed by atoms with E-state index in [1.807, 2.05) is 25.1 Å². The van der Waals surface area contributed by atoms with Gasteiger partial charge in [-0.05, 0) is 24.6 Å². The van der Waals surface area contributed by atoms with Gasteiger partial charge in [-0.15, -0.1) is 12.4 Å². The fourth-order valence-electron chi connectivity index (χ4n) is 3.52. The summed E-state index contributed by atoms with van der Waals surface area (Å²) in [7, 11) is 0. The lowest BCUT2D eigenvalue weighted by molar-refractivity contribution is 0.501. The van der Waals surface area contributed by atoms with Gasteiger partial charge in [0.2, 0.25) is 0 Å². The Hall–Kier alpha value is -2.92. The van der Waals surface area contributed by atoms with E-state index in [0.717, 1.165) is 5.56 Å². The van der Waals surface area contributed by atoms with E-state index in [2.05, 4.69) is 21.7 Å². The van der Waals surface area contributed by atoms with Crippen molar-refractivity contribution in [2.45, 2.75) is 25.6 Å². The van der Waals surface area contributed by atoms with Crippen LogP contribution >= 0.6 is 12.4 Å². The van der Waals surface area contributed by atoms with Gasteiger partial charge in [-0.3, -0.25) is 0 Å². The first-order valence-corrected chi connectivity index (χ1v) is 9.24. The third-order valence-corrected chi connectivity index (χ3v) is 4.88. The first-order valence-electron chi connectivity index (χ1n) is 9.24. The van der Waals surface area contributed by atoms with Crippen molar-refractivity contribution >= 4 is 18.4 Å². The number of nitrogens with one attached hydrogen (secondary N) is 2. The van der Waals surface area contributed by atoms with Crippen molar-refractivity contribution in [3.8, 4) is 0 Å². The summed E-state index contributed by atoms with van der Waals surface area (Å²) in [6.45, 7) is 2.61. The second-order valence-electron chi connectivity index (χ2n) is 6.93. The van der Waals surface area contributed by atoms with Crippen LogP contribution in [0.5, 0.6) is 0 Å². The molecule has 0 saturated heterocycles. The Morgan fingerprint density at radius 2 is 1.55 bits per heavy atom. The van der Waals surface area contributed by atoms with E-state index in [1.165, 1.54) is 17.7 Å². The number of rotatable bonds is 4. The SMILES string of the molecule is Cc1cccc(CNC2=NC(c3ccccc3F)C(c3ccccc3F)N2)c1.Cl. The second kappa shape index (κ2) is 9.05. The Morgan fingerprint density at radius 1 is 0.897 bits per heavy atom. The van der Waals surface area contributed by atoms with E-state index in [1.54, 1.807) is 36.4 Å². The van der Waals surface area contributed by atoms with Crippen LogP contribution in [0.1, 0.15) is 34.3 Å². The van der Waals surface area contributed by atoms with Crippen LogP contribution in [0.4, 0.5) is 8.78 Å². The second-order valence-corrected chi connectivity index (χ2v) is 6.93. The van der Waals surface area contributed by atoms with Gasteiger partial charge in [0.1, 0.15) is 17.7 Å². The lowest BCUT2D eigenvalue weighted by atomic mass is 9.94. The molecule has 1 aliphatic heterocycles. The highest BCUT2D eigenvalue weighted by atomic mass is 35.5. The minimum atomic E-state index is -0.557. The summed E-state index contributed by atoms with van der Waals surface area (Å²) in [6, 6.07) is 20.2. The van der Waals surface area contributed by atoms with E-state index < -0.39 is 12.1 Å². The van der Waals surface area contributed by atoms with Gasteiger partial charge in [0.25, 0.3) is 0 Å². The molecule has 150 valence electrons. The van der Waals surface area contributed by atoms with Crippen LogP contribution in [0.15, 0.2) is 77.8 Å². The Kier molecular flexibility index (Phi) is 6.49.